The summed E-state index contributed by atoms with van der Waals surface area (Å²) in [6, 6.07) is 18.1. The van der Waals surface area contributed by atoms with Crippen LogP contribution in [0.3, 0.4) is 0 Å². The Morgan fingerprint density at radius 1 is 0.974 bits per heavy atom. The topological polar surface area (TPSA) is 120 Å². The van der Waals surface area contributed by atoms with E-state index < -0.39 is 10.0 Å². The first kappa shape index (κ1) is 26.7. The van der Waals surface area contributed by atoms with Crippen molar-refractivity contribution in [3.8, 4) is 11.1 Å². The molecular formula is C28H31N7O3S. The number of benzene rings is 3. The minimum absolute atomic E-state index is 0.189. The minimum Gasteiger partial charge on any atom is -0.326 e. The summed E-state index contributed by atoms with van der Waals surface area (Å²) in [6.07, 6.45) is 1.99. The number of aromatic nitrogens is 3. The van der Waals surface area contributed by atoms with Crippen LogP contribution >= 0.6 is 0 Å². The second-order valence-corrected chi connectivity index (χ2v) is 11.3. The van der Waals surface area contributed by atoms with E-state index in [1.54, 1.807) is 30.3 Å². The van der Waals surface area contributed by atoms with Gasteiger partial charge in [0.1, 0.15) is 5.52 Å². The largest absolute Gasteiger partial charge is 0.326 e. The van der Waals surface area contributed by atoms with Crippen molar-refractivity contribution in [1.29, 1.82) is 0 Å². The van der Waals surface area contributed by atoms with Gasteiger partial charge in [-0.25, -0.2) is 18.4 Å². The van der Waals surface area contributed by atoms with Crippen molar-refractivity contribution in [3.63, 3.8) is 0 Å². The zero-order chi connectivity index (χ0) is 27.6. The molecule has 0 unspecified atom stereocenters. The molecule has 202 valence electrons. The van der Waals surface area contributed by atoms with E-state index in [9.17, 15) is 13.2 Å². The highest BCUT2D eigenvalue weighted by atomic mass is 32.2. The van der Waals surface area contributed by atoms with E-state index in [1.165, 1.54) is 11.3 Å². The molecule has 0 spiro atoms. The van der Waals surface area contributed by atoms with Crippen molar-refractivity contribution in [2.24, 2.45) is 0 Å². The lowest BCUT2D eigenvalue weighted by molar-refractivity contribution is -0.114. The molecule has 1 aliphatic rings. The summed E-state index contributed by atoms with van der Waals surface area (Å²) < 4.78 is 27.9. The second kappa shape index (κ2) is 11.0. The van der Waals surface area contributed by atoms with Gasteiger partial charge in [0.15, 0.2) is 0 Å². The normalized spacial score (nSPS) is 14.2. The van der Waals surface area contributed by atoms with Crippen LogP contribution in [0, 0.1) is 6.92 Å². The van der Waals surface area contributed by atoms with Crippen molar-refractivity contribution in [3.05, 3.63) is 66.2 Å². The molecule has 2 N–H and O–H groups in total. The van der Waals surface area contributed by atoms with E-state index in [2.05, 4.69) is 25.8 Å². The third kappa shape index (κ3) is 5.60. The lowest BCUT2D eigenvalue weighted by Gasteiger charge is -2.29. The molecule has 0 radical (unpaired) electrons. The maximum atomic E-state index is 13.2. The Kier molecular flexibility index (Phi) is 7.56. The number of rotatable bonds is 8. The number of nitrogens with one attached hydrogen (secondary N) is 2. The van der Waals surface area contributed by atoms with E-state index in [0.717, 1.165) is 42.6 Å². The third-order valence-electron chi connectivity index (χ3n) is 6.69. The fourth-order valence-electron chi connectivity index (χ4n) is 4.83. The van der Waals surface area contributed by atoms with Gasteiger partial charge in [-0.1, -0.05) is 24.3 Å². The molecule has 1 saturated heterocycles. The zero-order valence-electron chi connectivity index (χ0n) is 22.2. The molecule has 0 bridgehead atoms. The van der Waals surface area contributed by atoms with Gasteiger partial charge in [0.05, 0.1) is 16.1 Å². The molecule has 0 aliphatic carbocycles. The molecule has 3 aromatic carbocycles. The Hall–Kier alpha value is -3.93. The number of carbonyl (C=O) groups is 1. The number of carbonyl (C=O) groups excluding carboxylic acids is 1. The zero-order valence-corrected chi connectivity index (χ0v) is 23.0. The predicted octanol–water partition coefficient (Wildman–Crippen LogP) is 4.72. The average molecular weight is 546 g/mol. The predicted molar refractivity (Wildman–Crippen MR) is 152 cm³/mol. The Morgan fingerprint density at radius 3 is 2.36 bits per heavy atom. The number of hydrogen-bond donors (Lipinski definition) is 2. The summed E-state index contributed by atoms with van der Waals surface area (Å²) in [7, 11) is -3.64. The summed E-state index contributed by atoms with van der Waals surface area (Å²) in [5.41, 5.74) is 5.26. The first-order valence-electron chi connectivity index (χ1n) is 12.9. The minimum atomic E-state index is -3.64. The number of hydrazine groups is 1. The molecule has 0 saturated carbocycles. The SMILES string of the molecule is CCN(N1CCCC1)S(=O)(=O)c1ccc(Nc2nnc3cc(-c4ccccc4C)c(NC(C)=O)cc3n2)cc1. The van der Waals surface area contributed by atoms with Crippen molar-refractivity contribution >= 4 is 44.3 Å². The highest BCUT2D eigenvalue weighted by Crippen LogP contribution is 2.33. The second-order valence-electron chi connectivity index (χ2n) is 9.47. The van der Waals surface area contributed by atoms with Crippen molar-refractivity contribution in [2.75, 3.05) is 30.3 Å². The third-order valence-corrected chi connectivity index (χ3v) is 8.61. The Balaban J connectivity index is 1.41. The summed E-state index contributed by atoms with van der Waals surface area (Å²) in [5.74, 6) is 0.0636. The Bertz CT molecular complexity index is 1620. The van der Waals surface area contributed by atoms with Gasteiger partial charge in [-0.15, -0.1) is 14.6 Å². The Labute approximate surface area is 228 Å². The van der Waals surface area contributed by atoms with Crippen LogP contribution in [-0.2, 0) is 14.8 Å². The van der Waals surface area contributed by atoms with Gasteiger partial charge in [0.25, 0.3) is 10.0 Å². The van der Waals surface area contributed by atoms with Crippen LogP contribution in [0.15, 0.2) is 65.6 Å². The molecule has 10 nitrogen and oxygen atoms in total. The molecule has 1 fully saturated rings. The van der Waals surface area contributed by atoms with Gasteiger partial charge in [0.2, 0.25) is 11.9 Å². The molecule has 2 heterocycles. The highest BCUT2D eigenvalue weighted by Gasteiger charge is 2.30. The van der Waals surface area contributed by atoms with Crippen molar-refractivity contribution in [1.82, 2.24) is 24.6 Å². The molecule has 1 aromatic heterocycles. The molecule has 5 rings (SSSR count). The highest BCUT2D eigenvalue weighted by molar-refractivity contribution is 7.89. The number of sulfonamides is 1. The van der Waals surface area contributed by atoms with Gasteiger partial charge >= 0.3 is 0 Å². The number of amides is 1. The van der Waals surface area contributed by atoms with Crippen molar-refractivity contribution < 1.29 is 13.2 Å². The van der Waals surface area contributed by atoms with Gasteiger partial charge in [-0.2, -0.15) is 0 Å². The van der Waals surface area contributed by atoms with Gasteiger partial charge in [0, 0.05) is 37.8 Å². The maximum Gasteiger partial charge on any atom is 0.255 e. The van der Waals surface area contributed by atoms with E-state index in [1.807, 2.05) is 49.2 Å². The summed E-state index contributed by atoms with van der Waals surface area (Å²) in [4.78, 5) is 16.8. The number of hydrogen-bond acceptors (Lipinski definition) is 8. The quantitative estimate of drug-likeness (QED) is 0.326. The molecule has 0 atom stereocenters. The van der Waals surface area contributed by atoms with Gasteiger partial charge < -0.3 is 10.6 Å². The van der Waals surface area contributed by atoms with E-state index in [-0.39, 0.29) is 16.8 Å². The number of anilines is 3. The number of fused-ring (bicyclic) bond motifs is 1. The molecule has 1 amide bonds. The van der Waals surface area contributed by atoms with E-state index >= 15 is 0 Å². The van der Waals surface area contributed by atoms with E-state index in [0.29, 0.717) is 29.0 Å². The van der Waals surface area contributed by atoms with Gasteiger partial charge in [-0.3, -0.25) is 4.79 Å². The molecule has 39 heavy (non-hydrogen) atoms. The summed E-state index contributed by atoms with van der Waals surface area (Å²) in [5, 5.41) is 16.5. The standard InChI is InChI=1S/C28H31N7O3S/c1-4-35(34-15-7-8-16-34)39(37,38)22-13-11-21(12-14-22)30-28-31-26-18-25(29-20(3)36)24(17-27(26)32-33-28)23-10-6-5-9-19(23)2/h5-6,9-14,17-18H,4,7-8,15-16H2,1-3H3,(H,29,36)(H,30,31,33). The molecular weight excluding hydrogens is 514 g/mol. The number of nitrogens with zero attached hydrogens (tertiary/aromatic N) is 5. The molecule has 11 heteroatoms. The first-order chi connectivity index (χ1) is 18.8. The average Bonchev–Trinajstić information content (AvgIpc) is 3.43. The lowest BCUT2D eigenvalue weighted by Crippen LogP contribution is -2.44. The van der Waals surface area contributed by atoms with Crippen molar-refractivity contribution in [2.45, 2.75) is 38.5 Å². The van der Waals surface area contributed by atoms with Crippen LogP contribution < -0.4 is 10.6 Å². The van der Waals surface area contributed by atoms with Gasteiger partial charge in [-0.05, 0) is 74.2 Å². The van der Waals surface area contributed by atoms with Crippen LogP contribution in [0.4, 0.5) is 17.3 Å². The van der Waals surface area contributed by atoms with E-state index in [4.69, 9.17) is 0 Å². The summed E-state index contributed by atoms with van der Waals surface area (Å²) in [6.45, 7) is 7.19. The maximum absolute atomic E-state index is 13.2. The van der Waals surface area contributed by atoms with Crippen LogP contribution in [-0.4, -0.2) is 58.6 Å². The molecule has 1 aliphatic heterocycles. The summed E-state index contributed by atoms with van der Waals surface area (Å²) >= 11 is 0. The smallest absolute Gasteiger partial charge is 0.255 e. The lowest BCUT2D eigenvalue weighted by atomic mass is 9.98. The van der Waals surface area contributed by atoms with Crippen LogP contribution in [0.25, 0.3) is 22.2 Å². The molecule has 4 aromatic rings. The fourth-order valence-corrected chi connectivity index (χ4v) is 6.37. The fraction of sp³-hybridized carbons (Fsp3) is 0.286. The van der Waals surface area contributed by atoms with Crippen LogP contribution in [0.1, 0.15) is 32.3 Å². The number of aryl methyl sites for hydroxylation is 1. The monoisotopic (exact) mass is 545 g/mol. The van der Waals surface area contributed by atoms with Crippen LogP contribution in [0.5, 0.6) is 0 Å². The first-order valence-corrected chi connectivity index (χ1v) is 14.4. The van der Waals surface area contributed by atoms with Crippen LogP contribution in [0.2, 0.25) is 0 Å². The Morgan fingerprint density at radius 2 is 1.69 bits per heavy atom.